The first-order valence-corrected chi connectivity index (χ1v) is 10.2. The molecule has 1 saturated heterocycles. The van der Waals surface area contributed by atoms with Crippen LogP contribution in [-0.4, -0.2) is 49.2 Å². The Morgan fingerprint density at radius 2 is 1.51 bits per heavy atom. The van der Waals surface area contributed by atoms with E-state index >= 15 is 0 Å². The van der Waals surface area contributed by atoms with E-state index in [0.717, 1.165) is 6.42 Å². The van der Waals surface area contributed by atoms with Crippen molar-refractivity contribution >= 4 is 18.0 Å². The number of hydrogen-bond acceptors (Lipinski definition) is 5. The minimum Gasteiger partial charge on any atom is -0.554 e. The van der Waals surface area contributed by atoms with E-state index in [9.17, 15) is 9.59 Å². The molecule has 2 unspecified atom stereocenters. The van der Waals surface area contributed by atoms with Crippen LogP contribution in [0, 0.1) is 34.8 Å². The molecule has 0 radical (unpaired) electrons. The maximum atomic E-state index is 11.5. The number of methoxy groups -OCH3 is 2. The summed E-state index contributed by atoms with van der Waals surface area (Å²) in [6.07, 6.45) is 2.39. The van der Waals surface area contributed by atoms with Crippen molar-refractivity contribution in [2.24, 2.45) is 0 Å². The molecule has 1 aliphatic heterocycles. The summed E-state index contributed by atoms with van der Waals surface area (Å²) >= 11 is 0. The summed E-state index contributed by atoms with van der Waals surface area (Å²) in [5.74, 6) is 1.16. The van der Waals surface area contributed by atoms with Crippen LogP contribution >= 0.6 is 0 Å². The molecule has 0 bridgehead atoms. The van der Waals surface area contributed by atoms with Gasteiger partial charge in [-0.1, -0.05) is 25.4 Å². The van der Waals surface area contributed by atoms with Crippen molar-refractivity contribution in [1.29, 1.82) is 0 Å². The molecule has 1 aliphatic rings. The Morgan fingerprint density at radius 1 is 1.09 bits per heavy atom. The van der Waals surface area contributed by atoms with Crippen LogP contribution < -0.4 is 47.2 Å². The van der Waals surface area contributed by atoms with Crippen molar-refractivity contribution in [3.8, 4) is 11.5 Å². The molecule has 1 aromatic carbocycles. The second-order valence-electron chi connectivity index (χ2n) is 8.56. The van der Waals surface area contributed by atoms with Gasteiger partial charge in [-0.05, 0) is 27.1 Å². The molecule has 186 valence electrons. The smallest absolute Gasteiger partial charge is 0.554 e. The predicted octanol–water partition coefficient (Wildman–Crippen LogP) is -0.361. The monoisotopic (exact) mass is 469 g/mol. The summed E-state index contributed by atoms with van der Waals surface area (Å²) in [7, 11) is 3.10. The number of benzene rings is 1. The molecule has 35 heavy (non-hydrogen) atoms. The third kappa shape index (κ3) is 10.4. The van der Waals surface area contributed by atoms with Gasteiger partial charge >= 0.3 is 43.8 Å². The first-order chi connectivity index (χ1) is 14.8. The molecule has 1 aromatic rings. The van der Waals surface area contributed by atoms with Crippen LogP contribution in [0.3, 0.4) is 0 Å². The molecular formula is C27H37Li2NO5-4. The molecule has 1 amide bonds. The maximum Gasteiger partial charge on any atom is 1.00 e. The summed E-state index contributed by atoms with van der Waals surface area (Å²) in [4.78, 5) is 23.7. The molecule has 0 N–H and O–H groups in total. The van der Waals surface area contributed by atoms with E-state index in [0.29, 0.717) is 39.3 Å². The van der Waals surface area contributed by atoms with Gasteiger partial charge in [0.05, 0.1) is 14.2 Å². The van der Waals surface area contributed by atoms with E-state index in [4.69, 9.17) is 20.8 Å². The van der Waals surface area contributed by atoms with Gasteiger partial charge in [0.1, 0.15) is 5.60 Å². The first kappa shape index (κ1) is 37.8. The quantitative estimate of drug-likeness (QED) is 0.255. The zero-order chi connectivity index (χ0) is 24.8. The number of hydrogen-bond donors (Lipinski definition) is 0. The molecule has 0 saturated carbocycles. The van der Waals surface area contributed by atoms with Gasteiger partial charge in [0.2, 0.25) is 0 Å². The molecule has 2 rings (SSSR count). The van der Waals surface area contributed by atoms with E-state index in [1.807, 2.05) is 27.1 Å². The van der Waals surface area contributed by atoms with Crippen LogP contribution in [0.2, 0.25) is 0 Å². The third-order valence-corrected chi connectivity index (χ3v) is 4.97. The largest absolute Gasteiger partial charge is 1.00 e. The van der Waals surface area contributed by atoms with E-state index in [1.165, 1.54) is 0 Å². The van der Waals surface area contributed by atoms with Crippen LogP contribution in [0.4, 0.5) is 4.79 Å². The number of ether oxygens (including phenoxy) is 3. The van der Waals surface area contributed by atoms with Crippen molar-refractivity contribution in [3.63, 3.8) is 0 Å². The minimum absolute atomic E-state index is 0. The van der Waals surface area contributed by atoms with Crippen LogP contribution in [-0.2, 0) is 9.53 Å². The minimum atomic E-state index is -0.438. The number of allylic oxidation sites excluding steroid dienone is 3. The van der Waals surface area contributed by atoms with E-state index in [-0.39, 0.29) is 63.3 Å². The third-order valence-electron chi connectivity index (χ3n) is 4.97. The number of likely N-dealkylation sites (tertiary alicyclic amines) is 1. The Hall–Kier alpha value is -1.70. The van der Waals surface area contributed by atoms with Crippen LogP contribution in [0.1, 0.15) is 52.2 Å². The second kappa shape index (κ2) is 16.1. The van der Waals surface area contributed by atoms with E-state index in [2.05, 4.69) is 20.8 Å². The van der Waals surface area contributed by atoms with Crippen LogP contribution in [0.5, 0.6) is 11.5 Å². The van der Waals surface area contributed by atoms with Gasteiger partial charge in [-0.25, -0.2) is 22.5 Å². The van der Waals surface area contributed by atoms with Crippen molar-refractivity contribution in [3.05, 3.63) is 69.2 Å². The fourth-order valence-electron chi connectivity index (χ4n) is 2.95. The van der Waals surface area contributed by atoms with Gasteiger partial charge < -0.3 is 45.2 Å². The molecule has 6 nitrogen and oxygen atoms in total. The number of rotatable bonds is 5. The van der Waals surface area contributed by atoms with Crippen LogP contribution in [0.15, 0.2) is 23.3 Å². The van der Waals surface area contributed by atoms with Gasteiger partial charge in [-0.2, -0.15) is 18.1 Å². The first-order valence-electron chi connectivity index (χ1n) is 10.2. The average Bonchev–Trinajstić information content (AvgIpc) is 2.70. The zero-order valence-electron chi connectivity index (χ0n) is 23.2. The number of nitrogens with zero attached hydrogens (tertiary/aromatic N) is 1. The number of amides is 1. The normalized spacial score (nSPS) is 16.8. The second-order valence-corrected chi connectivity index (χ2v) is 8.56. The Bertz CT molecular complexity index is 857. The number of carbonyl (C=O) groups excluding carboxylic acids is 2. The fraction of sp³-hybridized carbons (Fsp3) is 0.407. The van der Waals surface area contributed by atoms with Crippen molar-refractivity contribution in [1.82, 2.24) is 4.90 Å². The SMILES string of the molecule is [CH-]=C(/C(C)=C(/C)[C-]=O)c1cc(OC)c([CH2-])c(OC)c1.[CH2-]C1CC([CH2-])N1C(=O)OC(C)(C)C.[CH3-].[Li+].[Li+]. The van der Waals surface area contributed by atoms with Gasteiger partial charge in [0.15, 0.2) is 0 Å². The predicted molar refractivity (Wildman–Crippen MR) is 133 cm³/mol. The van der Waals surface area contributed by atoms with Crippen LogP contribution in [0.25, 0.3) is 5.57 Å². The van der Waals surface area contributed by atoms with E-state index < -0.39 is 5.60 Å². The zero-order valence-corrected chi connectivity index (χ0v) is 23.2. The molecule has 0 aliphatic carbocycles. The van der Waals surface area contributed by atoms with Gasteiger partial charge in [-0.15, -0.1) is 24.6 Å². The number of carbonyl (C=O) groups is 1. The van der Waals surface area contributed by atoms with Gasteiger partial charge in [-0.3, -0.25) is 0 Å². The summed E-state index contributed by atoms with van der Waals surface area (Å²) in [6, 6.07) is 3.58. The molecule has 1 fully saturated rings. The Morgan fingerprint density at radius 3 is 1.83 bits per heavy atom. The van der Waals surface area contributed by atoms with Crippen molar-refractivity contribution in [2.75, 3.05) is 14.2 Å². The van der Waals surface area contributed by atoms with Crippen molar-refractivity contribution in [2.45, 2.75) is 58.7 Å². The molecule has 1 heterocycles. The summed E-state index contributed by atoms with van der Waals surface area (Å²) in [5, 5.41) is 0. The summed E-state index contributed by atoms with van der Waals surface area (Å²) in [6.45, 7) is 26.5. The Kier molecular flexibility index (Phi) is 17.4. The standard InChI is InChI=1S/C16H17O3.C10H17NO2.CH3.2Li/c1-10(9-17)11(2)12(3)14-7-15(18-5)13(4)16(8-14)19-6;1-7-6-8(2)11(7)9(12)13-10(3,4)5;;;/h3,7-8H,4H2,1-2,5-6H3;7-8H,1-2,6H2,3-5H3;1H3;;/q-3;-2;-1;2*+1/b11-10-;;;;. The molecule has 2 atom stereocenters. The topological polar surface area (TPSA) is 65.1 Å². The average molecular weight is 469 g/mol. The molecular weight excluding hydrogens is 432 g/mol. The summed E-state index contributed by atoms with van der Waals surface area (Å²) < 4.78 is 15.7. The maximum absolute atomic E-state index is 11.5. The Labute approximate surface area is 237 Å². The van der Waals surface area contributed by atoms with Gasteiger partial charge in [0.25, 0.3) is 0 Å². The molecule has 0 spiro atoms. The Balaban J connectivity index is -0.000000569. The fourth-order valence-corrected chi connectivity index (χ4v) is 2.95. The van der Waals surface area contributed by atoms with Gasteiger partial charge in [0, 0.05) is 11.5 Å². The van der Waals surface area contributed by atoms with E-state index in [1.54, 1.807) is 45.1 Å². The molecule has 8 heteroatoms. The summed E-state index contributed by atoms with van der Waals surface area (Å²) in [5.41, 5.74) is 2.56. The van der Waals surface area contributed by atoms with Crippen molar-refractivity contribution < 1.29 is 61.5 Å². The molecule has 0 aromatic heterocycles.